The van der Waals surface area contributed by atoms with Gasteiger partial charge in [-0.15, -0.1) is 0 Å². The number of rotatable bonds is 8. The highest BCUT2D eigenvalue weighted by atomic mass is 16.6. The van der Waals surface area contributed by atoms with Gasteiger partial charge in [-0.2, -0.15) is 0 Å². The van der Waals surface area contributed by atoms with Crippen LogP contribution >= 0.6 is 0 Å². The van der Waals surface area contributed by atoms with Crippen molar-refractivity contribution in [3.05, 3.63) is 29.8 Å². The van der Waals surface area contributed by atoms with Crippen LogP contribution in [0.3, 0.4) is 0 Å². The second-order valence-corrected chi connectivity index (χ2v) is 8.55. The Bertz CT molecular complexity index is 909. The molecule has 34 heavy (non-hydrogen) atoms. The van der Waals surface area contributed by atoms with E-state index in [9.17, 15) is 19.2 Å². The van der Waals surface area contributed by atoms with Gasteiger partial charge in [0, 0.05) is 5.92 Å². The van der Waals surface area contributed by atoms with Crippen LogP contribution in [0.5, 0.6) is 5.75 Å². The van der Waals surface area contributed by atoms with Crippen molar-refractivity contribution in [1.29, 1.82) is 0 Å². The molecule has 9 nitrogen and oxygen atoms in total. The number of hydrogen-bond acceptors (Lipinski definition) is 8. The lowest BCUT2D eigenvalue weighted by Crippen LogP contribution is -2.66. The van der Waals surface area contributed by atoms with E-state index < -0.39 is 46.6 Å². The zero-order chi connectivity index (χ0) is 24.9. The molecule has 0 spiro atoms. The Balaban J connectivity index is 2.17. The molecule has 1 saturated carbocycles. The van der Waals surface area contributed by atoms with Crippen molar-refractivity contribution in [2.24, 2.45) is 16.7 Å². The van der Waals surface area contributed by atoms with Gasteiger partial charge in [0.1, 0.15) is 5.75 Å². The van der Waals surface area contributed by atoms with Gasteiger partial charge in [0.2, 0.25) is 5.91 Å². The van der Waals surface area contributed by atoms with E-state index >= 15 is 0 Å². The van der Waals surface area contributed by atoms with Crippen LogP contribution in [0.2, 0.25) is 0 Å². The van der Waals surface area contributed by atoms with Gasteiger partial charge in [-0.05, 0) is 57.7 Å². The van der Waals surface area contributed by atoms with Crippen molar-refractivity contribution < 1.29 is 38.1 Å². The van der Waals surface area contributed by atoms with Crippen molar-refractivity contribution in [3.8, 4) is 5.75 Å². The summed E-state index contributed by atoms with van der Waals surface area (Å²) in [5.74, 6) is -3.17. The van der Waals surface area contributed by atoms with Crippen LogP contribution in [-0.4, -0.2) is 50.7 Å². The first-order valence-electron chi connectivity index (χ1n) is 11.8. The molecule has 1 amide bonds. The Morgan fingerprint density at radius 2 is 1.47 bits per heavy atom. The maximum absolute atomic E-state index is 13.7. The Morgan fingerprint density at radius 1 is 0.912 bits per heavy atom. The van der Waals surface area contributed by atoms with Gasteiger partial charge in [-0.1, -0.05) is 18.6 Å². The monoisotopic (exact) mass is 475 g/mol. The Kier molecular flexibility index (Phi) is 7.84. The zero-order valence-electron chi connectivity index (χ0n) is 20.2. The van der Waals surface area contributed by atoms with Crippen LogP contribution in [0.1, 0.15) is 58.1 Å². The maximum Gasteiger partial charge on any atom is 0.323 e. The summed E-state index contributed by atoms with van der Waals surface area (Å²) in [4.78, 5) is 53.9. The minimum atomic E-state index is -1.79. The number of fused-ring (bicyclic) bond motifs is 1. The van der Waals surface area contributed by atoms with Gasteiger partial charge in [0.25, 0.3) is 0 Å². The second-order valence-electron chi connectivity index (χ2n) is 8.55. The summed E-state index contributed by atoms with van der Waals surface area (Å²) >= 11 is 0. The molecule has 1 aromatic rings. The standard InChI is InChI=1S/C25H33NO8/c1-5-32-21(28)24-13-8-14-25(22(29)33-6-2,23(30)34-7-3)19(24)15-18(26-20(24)27)16-9-11-17(31-4)12-10-16/h9-12,18-19H,5-8,13-15H2,1-4H3,(H,26,27)/t18-,19-,24+/m1/s1. The number of amides is 1. The number of hydrogen-bond donors (Lipinski definition) is 1. The molecule has 1 aliphatic carbocycles. The van der Waals surface area contributed by atoms with Gasteiger partial charge in [-0.25, -0.2) is 0 Å². The van der Waals surface area contributed by atoms with Crippen LogP contribution in [0.15, 0.2) is 24.3 Å². The summed E-state index contributed by atoms with van der Waals surface area (Å²) in [5.41, 5.74) is -2.73. The third-order valence-electron chi connectivity index (χ3n) is 6.95. The lowest BCUT2D eigenvalue weighted by molar-refractivity contribution is -0.198. The molecule has 186 valence electrons. The maximum atomic E-state index is 13.7. The molecular weight excluding hydrogens is 442 g/mol. The van der Waals surface area contributed by atoms with Crippen LogP contribution < -0.4 is 10.1 Å². The second kappa shape index (κ2) is 10.4. The number of ether oxygens (including phenoxy) is 4. The summed E-state index contributed by atoms with van der Waals surface area (Å²) in [6, 6.07) is 6.60. The number of methoxy groups -OCH3 is 1. The topological polar surface area (TPSA) is 117 Å². The Hall–Kier alpha value is -3.10. The van der Waals surface area contributed by atoms with E-state index in [0.29, 0.717) is 5.75 Å². The number of piperidine rings is 1. The highest BCUT2D eigenvalue weighted by Crippen LogP contribution is 2.58. The smallest absolute Gasteiger partial charge is 0.323 e. The zero-order valence-corrected chi connectivity index (χ0v) is 20.2. The molecule has 0 bridgehead atoms. The first-order valence-corrected chi connectivity index (χ1v) is 11.8. The van der Waals surface area contributed by atoms with E-state index in [4.69, 9.17) is 18.9 Å². The van der Waals surface area contributed by atoms with Gasteiger partial charge in [-0.3, -0.25) is 19.2 Å². The van der Waals surface area contributed by atoms with Crippen LogP contribution in [0.4, 0.5) is 0 Å². The van der Waals surface area contributed by atoms with Crippen LogP contribution in [0, 0.1) is 16.7 Å². The molecule has 1 heterocycles. The first kappa shape index (κ1) is 25.5. The van der Waals surface area contributed by atoms with Gasteiger partial charge in [0.05, 0.1) is 33.0 Å². The third kappa shape index (κ3) is 4.12. The van der Waals surface area contributed by atoms with E-state index in [2.05, 4.69) is 5.32 Å². The Labute approximate surface area is 199 Å². The SMILES string of the molecule is CCOC(=O)C1(C(=O)OCC)CCC[C@@]2(C(=O)OCC)C(=O)N[C@@H](c3ccc(OC)cc3)C[C@@H]12. The van der Waals surface area contributed by atoms with Crippen molar-refractivity contribution in [2.75, 3.05) is 26.9 Å². The quantitative estimate of drug-likeness (QED) is 0.347. The molecule has 1 saturated heterocycles. The highest BCUT2D eigenvalue weighted by Gasteiger charge is 2.70. The lowest BCUT2D eigenvalue weighted by atomic mass is 9.50. The van der Waals surface area contributed by atoms with E-state index in [1.165, 1.54) is 0 Å². The molecule has 1 aliphatic heterocycles. The molecule has 3 rings (SSSR count). The fourth-order valence-corrected chi connectivity index (χ4v) is 5.42. The predicted octanol–water partition coefficient (Wildman–Crippen LogP) is 2.72. The minimum absolute atomic E-state index is 0.0488. The normalized spacial score (nSPS) is 25.4. The van der Waals surface area contributed by atoms with Crippen molar-refractivity contribution >= 4 is 23.8 Å². The molecular formula is C25H33NO8. The van der Waals surface area contributed by atoms with Crippen molar-refractivity contribution in [3.63, 3.8) is 0 Å². The van der Waals surface area contributed by atoms with E-state index in [0.717, 1.165) is 5.56 Å². The summed E-state index contributed by atoms with van der Waals surface area (Å²) in [7, 11) is 1.56. The van der Waals surface area contributed by atoms with Crippen molar-refractivity contribution in [2.45, 2.75) is 52.5 Å². The fourth-order valence-electron chi connectivity index (χ4n) is 5.42. The number of nitrogens with one attached hydrogen (secondary N) is 1. The average molecular weight is 476 g/mol. The first-order chi connectivity index (χ1) is 16.3. The summed E-state index contributed by atoms with van der Waals surface area (Å²) in [5, 5.41) is 2.94. The Morgan fingerprint density at radius 3 is 2.00 bits per heavy atom. The number of carbonyl (C=O) groups is 4. The third-order valence-corrected chi connectivity index (χ3v) is 6.95. The van der Waals surface area contributed by atoms with E-state index in [1.807, 2.05) is 0 Å². The molecule has 3 atom stereocenters. The molecule has 1 aromatic carbocycles. The largest absolute Gasteiger partial charge is 0.497 e. The number of esters is 3. The molecule has 0 aromatic heterocycles. The molecule has 2 aliphatic rings. The van der Waals surface area contributed by atoms with Crippen LogP contribution in [-0.2, 0) is 33.4 Å². The van der Waals surface area contributed by atoms with Gasteiger partial charge < -0.3 is 24.3 Å². The summed E-state index contributed by atoms with van der Waals surface area (Å²) in [6.07, 6.45) is 0.736. The number of carbonyl (C=O) groups excluding carboxylic acids is 4. The van der Waals surface area contributed by atoms with E-state index in [-0.39, 0.29) is 45.5 Å². The molecule has 9 heteroatoms. The predicted molar refractivity (Wildman–Crippen MR) is 121 cm³/mol. The van der Waals surface area contributed by atoms with Gasteiger partial charge >= 0.3 is 17.9 Å². The summed E-state index contributed by atoms with van der Waals surface area (Å²) in [6.45, 7) is 5.10. The molecule has 0 radical (unpaired) electrons. The lowest BCUT2D eigenvalue weighted by Gasteiger charge is -2.53. The van der Waals surface area contributed by atoms with Crippen LogP contribution in [0.25, 0.3) is 0 Å². The molecule has 0 unspecified atom stereocenters. The van der Waals surface area contributed by atoms with Crippen molar-refractivity contribution in [1.82, 2.24) is 5.32 Å². The molecule has 2 fully saturated rings. The number of benzene rings is 1. The molecule has 1 N–H and O–H groups in total. The average Bonchev–Trinajstić information content (AvgIpc) is 2.84. The fraction of sp³-hybridized carbons (Fsp3) is 0.600. The minimum Gasteiger partial charge on any atom is -0.497 e. The van der Waals surface area contributed by atoms with Gasteiger partial charge in [0.15, 0.2) is 10.8 Å². The van der Waals surface area contributed by atoms with E-state index in [1.54, 1.807) is 52.1 Å². The highest BCUT2D eigenvalue weighted by molar-refractivity contribution is 6.08. The summed E-state index contributed by atoms with van der Waals surface area (Å²) < 4.78 is 21.3.